The Labute approximate surface area is 99.3 Å². The van der Waals surface area contributed by atoms with Gasteiger partial charge in [0.2, 0.25) is 0 Å². The van der Waals surface area contributed by atoms with Crippen LogP contribution in [0.4, 0.5) is 0 Å². The molecule has 84 valence electrons. The zero-order chi connectivity index (χ0) is 11.5. The highest BCUT2D eigenvalue weighted by atomic mass is 35.5. The molecule has 0 fully saturated rings. The van der Waals surface area contributed by atoms with Gasteiger partial charge in [0.05, 0.1) is 0 Å². The van der Waals surface area contributed by atoms with E-state index in [1.165, 1.54) is 5.56 Å². The summed E-state index contributed by atoms with van der Waals surface area (Å²) in [5.41, 5.74) is 1.17. The maximum Gasteiger partial charge on any atom is 0.133 e. The largest absolute Gasteiger partial charge is 0.321 e. The quantitative estimate of drug-likeness (QED) is 0.768. The van der Waals surface area contributed by atoms with Crippen molar-refractivity contribution in [2.45, 2.75) is 19.3 Å². The first-order valence-corrected chi connectivity index (χ1v) is 5.49. The van der Waals surface area contributed by atoms with E-state index in [0.29, 0.717) is 11.1 Å². The average molecular weight is 237 g/mol. The Kier molecular flexibility index (Phi) is 3.19. The summed E-state index contributed by atoms with van der Waals surface area (Å²) in [4.78, 5) is 3.97. The molecule has 0 radical (unpaired) electrons. The molecule has 0 saturated heterocycles. The van der Waals surface area contributed by atoms with Crippen LogP contribution in [0.15, 0.2) is 24.7 Å². The molecule has 0 bridgehead atoms. The predicted molar refractivity (Wildman–Crippen MR) is 62.4 cm³/mol. The van der Waals surface area contributed by atoms with E-state index in [1.54, 1.807) is 12.5 Å². The van der Waals surface area contributed by atoms with Crippen molar-refractivity contribution in [1.82, 2.24) is 19.7 Å². The minimum Gasteiger partial charge on any atom is -0.321 e. The summed E-state index contributed by atoms with van der Waals surface area (Å²) in [5.74, 6) is 1.32. The normalized spacial score (nSPS) is 12.7. The molecule has 4 nitrogen and oxygen atoms in total. The molecule has 1 unspecified atom stereocenters. The van der Waals surface area contributed by atoms with Gasteiger partial charge >= 0.3 is 0 Å². The van der Waals surface area contributed by atoms with Crippen LogP contribution in [0.25, 0.3) is 0 Å². The fourth-order valence-electron chi connectivity index (χ4n) is 1.61. The summed E-state index contributed by atoms with van der Waals surface area (Å²) in [6.45, 7) is 2.14. The number of hydrogen-bond acceptors (Lipinski definition) is 3. The van der Waals surface area contributed by atoms with Crippen LogP contribution in [0.1, 0.15) is 24.2 Å². The van der Waals surface area contributed by atoms with Crippen LogP contribution in [0, 0.1) is 0 Å². The number of nitrogens with zero attached hydrogens (tertiary/aromatic N) is 4. The number of halogens is 1. The minimum absolute atomic E-state index is 0.350. The van der Waals surface area contributed by atoms with Gasteiger partial charge in [-0.2, -0.15) is 0 Å². The van der Waals surface area contributed by atoms with Gasteiger partial charge in [0.1, 0.15) is 17.3 Å². The van der Waals surface area contributed by atoms with E-state index in [1.807, 2.05) is 23.7 Å². The van der Waals surface area contributed by atoms with Gasteiger partial charge < -0.3 is 4.57 Å². The number of hydrogen-bond donors (Lipinski definition) is 0. The molecule has 0 aromatic carbocycles. The van der Waals surface area contributed by atoms with Crippen LogP contribution >= 0.6 is 11.6 Å². The molecule has 2 aromatic rings. The molecule has 0 saturated carbocycles. The zero-order valence-electron chi connectivity index (χ0n) is 9.26. The summed E-state index contributed by atoms with van der Waals surface area (Å²) in [6.07, 6.45) is 4.28. The highest BCUT2D eigenvalue weighted by Crippen LogP contribution is 2.20. The topological polar surface area (TPSA) is 43.6 Å². The molecule has 0 aliphatic carbocycles. The number of rotatable bonds is 3. The van der Waals surface area contributed by atoms with Crippen LogP contribution in [0.3, 0.4) is 0 Å². The summed E-state index contributed by atoms with van der Waals surface area (Å²) in [7, 11) is 1.95. The molecular formula is C11H13ClN4. The Hall–Kier alpha value is -1.42. The fourth-order valence-corrected chi connectivity index (χ4v) is 1.79. The van der Waals surface area contributed by atoms with Crippen LogP contribution < -0.4 is 0 Å². The van der Waals surface area contributed by atoms with Crippen molar-refractivity contribution in [3.8, 4) is 0 Å². The first-order valence-electron chi connectivity index (χ1n) is 5.11. The number of aromatic nitrogens is 4. The van der Waals surface area contributed by atoms with E-state index in [-0.39, 0.29) is 0 Å². The third kappa shape index (κ3) is 2.39. The van der Waals surface area contributed by atoms with Gasteiger partial charge in [0.15, 0.2) is 0 Å². The highest BCUT2D eigenvalue weighted by Gasteiger charge is 2.10. The maximum absolute atomic E-state index is 5.86. The molecule has 0 spiro atoms. The second-order valence-electron chi connectivity index (χ2n) is 3.88. The van der Waals surface area contributed by atoms with Gasteiger partial charge in [-0.15, -0.1) is 10.2 Å². The van der Waals surface area contributed by atoms with Crippen molar-refractivity contribution in [3.05, 3.63) is 41.2 Å². The van der Waals surface area contributed by atoms with Gasteiger partial charge in [-0.3, -0.25) is 0 Å². The second-order valence-corrected chi connectivity index (χ2v) is 4.26. The molecule has 2 rings (SSSR count). The third-order valence-corrected chi connectivity index (χ3v) is 2.82. The zero-order valence-corrected chi connectivity index (χ0v) is 10.0. The van der Waals surface area contributed by atoms with Crippen LogP contribution in [0.2, 0.25) is 5.15 Å². The van der Waals surface area contributed by atoms with Crippen molar-refractivity contribution in [2.75, 3.05) is 0 Å². The van der Waals surface area contributed by atoms with Crippen LogP contribution in [-0.2, 0) is 13.5 Å². The Bertz CT molecular complexity index is 480. The lowest BCUT2D eigenvalue weighted by Crippen LogP contribution is -2.04. The van der Waals surface area contributed by atoms with E-state index in [9.17, 15) is 0 Å². The lowest BCUT2D eigenvalue weighted by molar-refractivity contribution is 0.680. The Morgan fingerprint density at radius 3 is 2.94 bits per heavy atom. The van der Waals surface area contributed by atoms with Crippen LogP contribution in [0.5, 0.6) is 0 Å². The molecule has 0 N–H and O–H groups in total. The van der Waals surface area contributed by atoms with E-state index < -0.39 is 0 Å². The van der Waals surface area contributed by atoms with Crippen molar-refractivity contribution in [2.24, 2.45) is 7.05 Å². The van der Waals surface area contributed by atoms with Crippen molar-refractivity contribution < 1.29 is 0 Å². The van der Waals surface area contributed by atoms with Gasteiger partial charge in [-0.25, -0.2) is 4.98 Å². The Morgan fingerprint density at radius 2 is 2.31 bits per heavy atom. The van der Waals surface area contributed by atoms with E-state index >= 15 is 0 Å². The molecular weight excluding hydrogens is 224 g/mol. The molecule has 16 heavy (non-hydrogen) atoms. The number of pyridine rings is 1. The molecule has 0 amide bonds. The Balaban J connectivity index is 2.14. The molecule has 5 heteroatoms. The second kappa shape index (κ2) is 4.61. The molecule has 0 aliphatic heterocycles. The lowest BCUT2D eigenvalue weighted by atomic mass is 9.99. The third-order valence-electron chi connectivity index (χ3n) is 2.61. The smallest absolute Gasteiger partial charge is 0.133 e. The minimum atomic E-state index is 0.350. The van der Waals surface area contributed by atoms with Gasteiger partial charge in [-0.1, -0.05) is 18.5 Å². The standard InChI is InChI=1S/C11H13ClN4/c1-8(5-11-15-14-7-16(11)2)9-3-4-13-10(12)6-9/h3-4,6-8H,5H2,1-2H3. The Morgan fingerprint density at radius 1 is 1.50 bits per heavy atom. The van der Waals surface area contributed by atoms with Gasteiger partial charge in [0.25, 0.3) is 0 Å². The van der Waals surface area contributed by atoms with Gasteiger partial charge in [-0.05, 0) is 23.6 Å². The van der Waals surface area contributed by atoms with E-state index in [4.69, 9.17) is 11.6 Å². The molecule has 0 aliphatic rings. The SMILES string of the molecule is CC(Cc1nncn1C)c1ccnc(Cl)c1. The van der Waals surface area contributed by atoms with E-state index in [0.717, 1.165) is 12.2 Å². The van der Waals surface area contributed by atoms with Crippen LogP contribution in [-0.4, -0.2) is 19.7 Å². The first-order chi connectivity index (χ1) is 7.66. The monoisotopic (exact) mass is 236 g/mol. The van der Waals surface area contributed by atoms with Gasteiger partial charge in [0, 0.05) is 19.7 Å². The average Bonchev–Trinajstić information content (AvgIpc) is 2.64. The fraction of sp³-hybridized carbons (Fsp3) is 0.364. The van der Waals surface area contributed by atoms with Crippen molar-refractivity contribution in [3.63, 3.8) is 0 Å². The number of aryl methyl sites for hydroxylation is 1. The van der Waals surface area contributed by atoms with Crippen molar-refractivity contribution in [1.29, 1.82) is 0 Å². The summed E-state index contributed by atoms with van der Waals surface area (Å²) < 4.78 is 1.93. The molecule has 2 heterocycles. The molecule has 2 aromatic heterocycles. The maximum atomic E-state index is 5.86. The summed E-state index contributed by atoms with van der Waals surface area (Å²) in [6, 6.07) is 3.87. The van der Waals surface area contributed by atoms with Crippen molar-refractivity contribution >= 4 is 11.6 Å². The summed E-state index contributed by atoms with van der Waals surface area (Å²) >= 11 is 5.86. The lowest BCUT2D eigenvalue weighted by Gasteiger charge is -2.10. The first kappa shape index (κ1) is 11.1. The molecule has 1 atom stereocenters. The highest BCUT2D eigenvalue weighted by molar-refractivity contribution is 6.29. The summed E-state index contributed by atoms with van der Waals surface area (Å²) in [5, 5.41) is 8.46. The predicted octanol–water partition coefficient (Wildman–Crippen LogP) is 2.21. The van der Waals surface area contributed by atoms with E-state index in [2.05, 4.69) is 22.1 Å².